The Morgan fingerprint density at radius 2 is 2.22 bits per heavy atom. The molecule has 2 heteroatoms. The van der Waals surface area contributed by atoms with Crippen molar-refractivity contribution in [2.75, 3.05) is 20.6 Å². The van der Waals surface area contributed by atoms with Crippen LogP contribution in [0.15, 0.2) is 18.2 Å². The fraction of sp³-hybridized carbons (Fsp3) is 0.625. The summed E-state index contributed by atoms with van der Waals surface area (Å²) in [5, 5.41) is 3.43. The van der Waals surface area contributed by atoms with Crippen molar-refractivity contribution in [3.05, 3.63) is 34.9 Å². The van der Waals surface area contributed by atoms with Crippen molar-refractivity contribution in [1.29, 1.82) is 0 Å². The lowest BCUT2D eigenvalue weighted by molar-refractivity contribution is 0.327. The average Bonchev–Trinajstić information content (AvgIpc) is 2.38. The molecule has 0 heterocycles. The minimum atomic E-state index is 0.566. The zero-order chi connectivity index (χ0) is 13.0. The normalized spacial score (nSPS) is 19.0. The number of nitrogens with one attached hydrogen (secondary N) is 1. The summed E-state index contributed by atoms with van der Waals surface area (Å²) in [4.78, 5) is 2.40. The van der Waals surface area contributed by atoms with Crippen LogP contribution >= 0.6 is 0 Å². The molecule has 1 aliphatic carbocycles. The minimum absolute atomic E-state index is 0.566. The zero-order valence-electron chi connectivity index (χ0n) is 12.0. The van der Waals surface area contributed by atoms with Crippen molar-refractivity contribution in [2.24, 2.45) is 0 Å². The van der Waals surface area contributed by atoms with Crippen molar-refractivity contribution < 1.29 is 0 Å². The molecular weight excluding hydrogens is 220 g/mol. The van der Waals surface area contributed by atoms with E-state index in [1.54, 1.807) is 5.56 Å². The number of hydrogen-bond acceptors (Lipinski definition) is 2. The van der Waals surface area contributed by atoms with E-state index in [1.807, 2.05) is 0 Å². The summed E-state index contributed by atoms with van der Waals surface area (Å²) >= 11 is 0. The molecule has 0 saturated carbocycles. The molecule has 1 aliphatic rings. The summed E-state index contributed by atoms with van der Waals surface area (Å²) in [6.45, 7) is 4.49. The molecule has 0 bridgehead atoms. The van der Waals surface area contributed by atoms with Gasteiger partial charge in [0.2, 0.25) is 0 Å². The van der Waals surface area contributed by atoms with Crippen LogP contribution < -0.4 is 5.32 Å². The van der Waals surface area contributed by atoms with Gasteiger partial charge in [0.1, 0.15) is 0 Å². The predicted octanol–water partition coefficient (Wildman–Crippen LogP) is 3.13. The van der Waals surface area contributed by atoms with Gasteiger partial charge in [-0.2, -0.15) is 0 Å². The summed E-state index contributed by atoms with van der Waals surface area (Å²) in [6, 6.07) is 7.63. The number of rotatable bonds is 5. The number of benzene rings is 1. The lowest BCUT2D eigenvalue weighted by atomic mass is 9.86. The first-order valence-electron chi connectivity index (χ1n) is 7.22. The van der Waals surface area contributed by atoms with Gasteiger partial charge in [-0.05, 0) is 63.0 Å². The number of aryl methyl sites for hydroxylation is 1. The number of fused-ring (bicyclic) bond motifs is 1. The molecule has 0 spiro atoms. The largest absolute Gasteiger partial charge is 0.313 e. The summed E-state index contributed by atoms with van der Waals surface area (Å²) in [7, 11) is 4.28. The first kappa shape index (κ1) is 13.6. The van der Waals surface area contributed by atoms with E-state index >= 15 is 0 Å². The van der Waals surface area contributed by atoms with Gasteiger partial charge in [0, 0.05) is 12.6 Å². The number of nitrogens with zero attached hydrogens (tertiary/aromatic N) is 1. The van der Waals surface area contributed by atoms with Gasteiger partial charge in [0.25, 0.3) is 0 Å². The standard InChI is InChI=1S/C16H26N2/c1-4-10-18(3)12-13-8-9-15-14(11-13)6-5-7-16(15)17-2/h8-9,11,16-17H,4-7,10,12H2,1-3H3. The van der Waals surface area contributed by atoms with Crippen LogP contribution in [0, 0.1) is 0 Å². The smallest absolute Gasteiger partial charge is 0.0320 e. The predicted molar refractivity (Wildman–Crippen MR) is 77.8 cm³/mol. The molecule has 0 aliphatic heterocycles. The second kappa shape index (κ2) is 6.35. The van der Waals surface area contributed by atoms with E-state index in [2.05, 4.69) is 49.4 Å². The summed E-state index contributed by atoms with van der Waals surface area (Å²) in [5.41, 5.74) is 4.54. The van der Waals surface area contributed by atoms with Gasteiger partial charge in [-0.1, -0.05) is 25.1 Å². The lowest BCUT2D eigenvalue weighted by Gasteiger charge is -2.26. The van der Waals surface area contributed by atoms with Crippen molar-refractivity contribution in [3.8, 4) is 0 Å². The van der Waals surface area contributed by atoms with Crippen molar-refractivity contribution in [2.45, 2.75) is 45.2 Å². The van der Waals surface area contributed by atoms with Crippen LogP contribution in [0.3, 0.4) is 0 Å². The Bertz CT molecular complexity index is 387. The van der Waals surface area contributed by atoms with Crippen molar-refractivity contribution in [1.82, 2.24) is 10.2 Å². The zero-order valence-corrected chi connectivity index (χ0v) is 12.0. The maximum atomic E-state index is 3.43. The average molecular weight is 246 g/mol. The van der Waals surface area contributed by atoms with Crippen LogP contribution in [-0.2, 0) is 13.0 Å². The van der Waals surface area contributed by atoms with Crippen LogP contribution in [0.4, 0.5) is 0 Å². The Morgan fingerprint density at radius 3 is 2.94 bits per heavy atom. The molecule has 0 amide bonds. The quantitative estimate of drug-likeness (QED) is 0.858. The molecule has 2 nitrogen and oxygen atoms in total. The Balaban J connectivity index is 2.11. The Morgan fingerprint density at radius 1 is 1.39 bits per heavy atom. The van der Waals surface area contributed by atoms with Gasteiger partial charge < -0.3 is 10.2 Å². The first-order valence-corrected chi connectivity index (χ1v) is 7.22. The second-order valence-corrected chi connectivity index (χ2v) is 5.50. The molecule has 1 N–H and O–H groups in total. The van der Waals surface area contributed by atoms with Crippen LogP contribution in [0.2, 0.25) is 0 Å². The van der Waals surface area contributed by atoms with Crippen LogP contribution in [0.5, 0.6) is 0 Å². The van der Waals surface area contributed by atoms with E-state index in [0.717, 1.165) is 6.54 Å². The summed E-state index contributed by atoms with van der Waals surface area (Å²) in [5.74, 6) is 0. The molecule has 1 aromatic carbocycles. The molecule has 18 heavy (non-hydrogen) atoms. The minimum Gasteiger partial charge on any atom is -0.313 e. The highest BCUT2D eigenvalue weighted by atomic mass is 15.1. The molecular formula is C16H26N2. The number of hydrogen-bond donors (Lipinski definition) is 1. The molecule has 0 fully saturated rings. The van der Waals surface area contributed by atoms with E-state index < -0.39 is 0 Å². The lowest BCUT2D eigenvalue weighted by Crippen LogP contribution is -2.22. The van der Waals surface area contributed by atoms with Crippen molar-refractivity contribution in [3.63, 3.8) is 0 Å². The fourth-order valence-corrected chi connectivity index (χ4v) is 3.04. The fourth-order valence-electron chi connectivity index (χ4n) is 3.04. The van der Waals surface area contributed by atoms with E-state index in [1.165, 1.54) is 43.4 Å². The Labute approximate surface area is 111 Å². The van der Waals surface area contributed by atoms with Crippen LogP contribution in [-0.4, -0.2) is 25.5 Å². The Hall–Kier alpha value is -0.860. The highest BCUT2D eigenvalue weighted by Gasteiger charge is 2.18. The van der Waals surface area contributed by atoms with Crippen LogP contribution in [0.1, 0.15) is 48.9 Å². The Kier molecular flexibility index (Phi) is 4.79. The molecule has 2 rings (SSSR count). The van der Waals surface area contributed by atoms with E-state index in [0.29, 0.717) is 6.04 Å². The highest BCUT2D eigenvalue weighted by molar-refractivity contribution is 5.36. The van der Waals surface area contributed by atoms with Crippen molar-refractivity contribution >= 4 is 0 Å². The summed E-state index contributed by atoms with van der Waals surface area (Å²) < 4.78 is 0. The van der Waals surface area contributed by atoms with E-state index in [4.69, 9.17) is 0 Å². The maximum Gasteiger partial charge on any atom is 0.0320 e. The third-order valence-electron chi connectivity index (χ3n) is 3.93. The van der Waals surface area contributed by atoms with Gasteiger partial charge in [0.15, 0.2) is 0 Å². The van der Waals surface area contributed by atoms with E-state index in [9.17, 15) is 0 Å². The molecule has 1 atom stereocenters. The van der Waals surface area contributed by atoms with Gasteiger partial charge in [-0.15, -0.1) is 0 Å². The maximum absolute atomic E-state index is 3.43. The molecule has 0 radical (unpaired) electrons. The third-order valence-corrected chi connectivity index (χ3v) is 3.93. The topological polar surface area (TPSA) is 15.3 Å². The summed E-state index contributed by atoms with van der Waals surface area (Å²) in [6.07, 6.45) is 5.06. The first-order chi connectivity index (χ1) is 8.74. The molecule has 0 saturated heterocycles. The molecule has 100 valence electrons. The van der Waals surface area contributed by atoms with Gasteiger partial charge in [-0.25, -0.2) is 0 Å². The monoisotopic (exact) mass is 246 g/mol. The van der Waals surface area contributed by atoms with E-state index in [-0.39, 0.29) is 0 Å². The highest BCUT2D eigenvalue weighted by Crippen LogP contribution is 2.30. The SMILES string of the molecule is CCCN(C)Cc1ccc2c(c1)CCCC2NC. The molecule has 1 aromatic rings. The van der Waals surface area contributed by atoms with Crippen LogP contribution in [0.25, 0.3) is 0 Å². The molecule has 1 unspecified atom stereocenters. The van der Waals surface area contributed by atoms with Gasteiger partial charge in [-0.3, -0.25) is 0 Å². The molecule has 0 aromatic heterocycles. The second-order valence-electron chi connectivity index (χ2n) is 5.50. The van der Waals surface area contributed by atoms with Gasteiger partial charge >= 0.3 is 0 Å². The van der Waals surface area contributed by atoms with Gasteiger partial charge in [0.05, 0.1) is 0 Å². The third kappa shape index (κ3) is 3.12.